The summed E-state index contributed by atoms with van der Waals surface area (Å²) < 4.78 is 0. The van der Waals surface area contributed by atoms with E-state index in [9.17, 15) is 0 Å². The summed E-state index contributed by atoms with van der Waals surface area (Å²) in [5.74, 6) is 6.89. The van der Waals surface area contributed by atoms with Crippen LogP contribution in [0.2, 0.25) is 0 Å². The van der Waals surface area contributed by atoms with Gasteiger partial charge in [0.25, 0.3) is 0 Å². The first-order valence-electron chi connectivity index (χ1n) is 7.59. The molecule has 3 aromatic rings. The molecule has 0 saturated carbocycles. The van der Waals surface area contributed by atoms with Crippen LogP contribution < -0.4 is 5.32 Å². The van der Waals surface area contributed by atoms with Crippen LogP contribution in [0.5, 0.6) is 0 Å². The predicted molar refractivity (Wildman–Crippen MR) is 94.8 cm³/mol. The van der Waals surface area contributed by atoms with Crippen molar-refractivity contribution in [3.8, 4) is 11.8 Å². The van der Waals surface area contributed by atoms with E-state index in [-0.39, 0.29) is 6.61 Å². The molecule has 0 radical (unpaired) electrons. The van der Waals surface area contributed by atoms with Crippen molar-refractivity contribution in [1.82, 2.24) is 4.98 Å². The second-order valence-corrected chi connectivity index (χ2v) is 5.34. The minimum Gasteiger partial charge on any atom is -0.395 e. The Morgan fingerprint density at radius 1 is 1.09 bits per heavy atom. The molecule has 0 fully saturated rings. The van der Waals surface area contributed by atoms with E-state index < -0.39 is 0 Å². The second-order valence-electron chi connectivity index (χ2n) is 5.34. The molecule has 23 heavy (non-hydrogen) atoms. The molecule has 0 spiro atoms. The number of rotatable bonds is 3. The number of pyridine rings is 1. The molecule has 2 N–H and O–H groups in total. The van der Waals surface area contributed by atoms with Crippen molar-refractivity contribution in [2.24, 2.45) is 0 Å². The van der Waals surface area contributed by atoms with E-state index in [1.165, 1.54) is 5.56 Å². The first kappa shape index (κ1) is 15.1. The Hall–Kier alpha value is -2.83. The number of anilines is 2. The first-order valence-corrected chi connectivity index (χ1v) is 7.59. The number of fused-ring (bicyclic) bond motifs is 1. The van der Waals surface area contributed by atoms with Gasteiger partial charge in [-0.1, -0.05) is 53.8 Å². The molecule has 3 rings (SSSR count). The lowest BCUT2D eigenvalue weighted by molar-refractivity contribution is 0.305. The minimum atomic E-state index is 0.0614. The summed E-state index contributed by atoms with van der Waals surface area (Å²) >= 11 is 0. The Labute approximate surface area is 136 Å². The molecule has 0 aliphatic rings. The predicted octanol–water partition coefficient (Wildman–Crippen LogP) is 4.02. The molecule has 1 heterocycles. The van der Waals surface area contributed by atoms with Crippen molar-refractivity contribution < 1.29 is 5.11 Å². The van der Waals surface area contributed by atoms with E-state index >= 15 is 0 Å². The average Bonchev–Trinajstić information content (AvgIpc) is 2.58. The Morgan fingerprint density at radius 3 is 2.65 bits per heavy atom. The Kier molecular flexibility index (Phi) is 4.56. The second kappa shape index (κ2) is 6.95. The zero-order chi connectivity index (χ0) is 16.1. The van der Waals surface area contributed by atoms with Gasteiger partial charge in [-0.25, -0.2) is 4.98 Å². The van der Waals surface area contributed by atoms with E-state index in [1.807, 2.05) is 42.6 Å². The van der Waals surface area contributed by atoms with Crippen LogP contribution in [0.3, 0.4) is 0 Å². The molecular weight excluding hydrogens is 284 g/mol. The van der Waals surface area contributed by atoms with Crippen molar-refractivity contribution in [1.29, 1.82) is 0 Å². The summed E-state index contributed by atoms with van der Waals surface area (Å²) in [4.78, 5) is 4.53. The number of hydrogen-bond donors (Lipinski definition) is 2. The monoisotopic (exact) mass is 302 g/mol. The molecule has 3 nitrogen and oxygen atoms in total. The molecule has 1 aromatic heterocycles. The molecule has 0 unspecified atom stereocenters. The highest BCUT2D eigenvalue weighted by atomic mass is 16.2. The summed E-state index contributed by atoms with van der Waals surface area (Å²) in [5.41, 5.74) is 3.05. The fourth-order valence-corrected chi connectivity index (χ4v) is 2.37. The first-order chi connectivity index (χ1) is 11.3. The number of benzene rings is 2. The highest BCUT2D eigenvalue weighted by molar-refractivity contribution is 5.92. The van der Waals surface area contributed by atoms with Gasteiger partial charge in [0.1, 0.15) is 5.82 Å². The van der Waals surface area contributed by atoms with E-state index in [0.717, 1.165) is 27.8 Å². The van der Waals surface area contributed by atoms with E-state index in [1.54, 1.807) is 0 Å². The lowest BCUT2D eigenvalue weighted by Gasteiger charge is -2.10. The molecule has 0 bridgehead atoms. The van der Waals surface area contributed by atoms with Crippen molar-refractivity contribution in [2.75, 3.05) is 11.9 Å². The van der Waals surface area contributed by atoms with Crippen LogP contribution in [0.15, 0.2) is 54.7 Å². The quantitative estimate of drug-likeness (QED) is 0.718. The van der Waals surface area contributed by atoms with Gasteiger partial charge in [-0.3, -0.25) is 0 Å². The van der Waals surface area contributed by atoms with Crippen molar-refractivity contribution in [2.45, 2.75) is 13.3 Å². The van der Waals surface area contributed by atoms with Gasteiger partial charge in [0.05, 0.1) is 12.2 Å². The highest BCUT2D eigenvalue weighted by Gasteiger charge is 2.07. The van der Waals surface area contributed by atoms with Crippen LogP contribution in [0.1, 0.15) is 17.5 Å². The van der Waals surface area contributed by atoms with E-state index in [2.05, 4.69) is 41.2 Å². The van der Waals surface area contributed by atoms with Gasteiger partial charge in [-0.15, -0.1) is 0 Å². The summed E-state index contributed by atoms with van der Waals surface area (Å²) in [6.07, 6.45) is 2.30. The fraction of sp³-hybridized carbons (Fsp3) is 0.150. The number of nitrogens with one attached hydrogen (secondary N) is 1. The zero-order valence-electron chi connectivity index (χ0n) is 13.0. The van der Waals surface area contributed by atoms with Crippen molar-refractivity contribution in [3.05, 3.63) is 65.9 Å². The molecular formula is C20H18N2O. The third-order valence-corrected chi connectivity index (χ3v) is 3.56. The van der Waals surface area contributed by atoms with Crippen LogP contribution in [0.25, 0.3) is 10.8 Å². The number of aliphatic hydroxyl groups is 1. The van der Waals surface area contributed by atoms with Gasteiger partial charge in [0.15, 0.2) is 0 Å². The van der Waals surface area contributed by atoms with Gasteiger partial charge in [0.2, 0.25) is 0 Å². The number of aryl methyl sites for hydroxylation is 1. The maximum Gasteiger partial charge on any atom is 0.146 e. The smallest absolute Gasteiger partial charge is 0.146 e. The summed E-state index contributed by atoms with van der Waals surface area (Å²) in [6, 6.07) is 16.2. The van der Waals surface area contributed by atoms with Crippen molar-refractivity contribution >= 4 is 22.3 Å². The molecule has 0 atom stereocenters. The largest absolute Gasteiger partial charge is 0.395 e. The Morgan fingerprint density at radius 2 is 1.87 bits per heavy atom. The van der Waals surface area contributed by atoms with Crippen LogP contribution in [-0.2, 0) is 0 Å². The maximum atomic E-state index is 8.95. The topological polar surface area (TPSA) is 45.2 Å². The zero-order valence-corrected chi connectivity index (χ0v) is 13.0. The number of aliphatic hydroxyl groups excluding tert-OH is 1. The molecule has 114 valence electrons. The number of hydrogen-bond acceptors (Lipinski definition) is 3. The number of nitrogens with zero attached hydrogens (tertiary/aromatic N) is 1. The van der Waals surface area contributed by atoms with Gasteiger partial charge in [-0.05, 0) is 19.1 Å². The van der Waals surface area contributed by atoms with Gasteiger partial charge >= 0.3 is 0 Å². The molecule has 0 aliphatic heterocycles. The summed E-state index contributed by atoms with van der Waals surface area (Å²) in [6.45, 7) is 2.12. The third-order valence-electron chi connectivity index (χ3n) is 3.56. The molecule has 2 aromatic carbocycles. The van der Waals surface area contributed by atoms with Crippen LogP contribution in [0.4, 0.5) is 11.5 Å². The lowest BCUT2D eigenvalue weighted by Crippen LogP contribution is -1.98. The van der Waals surface area contributed by atoms with Gasteiger partial charge in [0, 0.05) is 29.1 Å². The Bertz CT molecular complexity index is 874. The minimum absolute atomic E-state index is 0.0614. The fourth-order valence-electron chi connectivity index (χ4n) is 2.37. The maximum absolute atomic E-state index is 8.95. The normalized spacial score (nSPS) is 10.2. The van der Waals surface area contributed by atoms with Gasteiger partial charge < -0.3 is 10.4 Å². The van der Waals surface area contributed by atoms with Crippen LogP contribution in [0, 0.1) is 18.8 Å². The molecule has 3 heteroatoms. The molecule has 0 amide bonds. The third kappa shape index (κ3) is 3.50. The number of aromatic nitrogens is 1. The SMILES string of the molecule is Cc1ccc(Nc2ncc3ccccc3c2C#CCCO)cc1. The van der Waals surface area contributed by atoms with Crippen molar-refractivity contribution in [3.63, 3.8) is 0 Å². The molecule has 0 aliphatic carbocycles. The van der Waals surface area contributed by atoms with E-state index in [4.69, 9.17) is 5.11 Å². The Balaban J connectivity index is 2.06. The standard InChI is InChI=1S/C20H18N2O/c1-15-9-11-17(12-10-15)22-20-19(8-4-5-13-23)18-7-3-2-6-16(18)14-21-20/h2-3,6-7,9-12,14,23H,5,13H2,1H3,(H,21,22). The van der Waals surface area contributed by atoms with Crippen LogP contribution >= 0.6 is 0 Å². The summed E-state index contributed by atoms with van der Waals surface area (Å²) in [5, 5.41) is 14.4. The molecule has 0 saturated heterocycles. The lowest BCUT2D eigenvalue weighted by atomic mass is 10.1. The highest BCUT2D eigenvalue weighted by Crippen LogP contribution is 2.25. The van der Waals surface area contributed by atoms with Gasteiger partial charge in [-0.2, -0.15) is 0 Å². The average molecular weight is 302 g/mol. The summed E-state index contributed by atoms with van der Waals surface area (Å²) in [7, 11) is 0. The van der Waals surface area contributed by atoms with Crippen LogP contribution in [-0.4, -0.2) is 16.7 Å². The van der Waals surface area contributed by atoms with E-state index in [0.29, 0.717) is 6.42 Å².